The fourth-order valence-corrected chi connectivity index (χ4v) is 2.78. The second kappa shape index (κ2) is 5.36. The summed E-state index contributed by atoms with van der Waals surface area (Å²) in [5.41, 5.74) is 2.37. The van der Waals surface area contributed by atoms with E-state index in [2.05, 4.69) is 52.4 Å². The van der Waals surface area contributed by atoms with Crippen LogP contribution >= 0.6 is 0 Å². The van der Waals surface area contributed by atoms with Crippen molar-refractivity contribution >= 4 is 21.8 Å². The maximum atomic E-state index is 9.27. The molecular weight excluding hydrogens is 246 g/mol. The molecule has 3 rings (SSSR count). The van der Waals surface area contributed by atoms with Crippen molar-refractivity contribution in [3.63, 3.8) is 0 Å². The third-order valence-electron chi connectivity index (χ3n) is 3.65. The molecular formula is C17H17N3. The van der Waals surface area contributed by atoms with Crippen LogP contribution in [0.5, 0.6) is 0 Å². The largest absolute Gasteiger partial charge is 0.338 e. The fourth-order valence-electron chi connectivity index (χ4n) is 2.78. The van der Waals surface area contributed by atoms with Crippen molar-refractivity contribution in [2.45, 2.75) is 19.5 Å². The standard InChI is InChI=1S/C17H17N3/c1-2-19-13(11-18)12-20-16-9-5-3-7-14(16)15-8-4-6-10-17(15)20/h3-10,13,19H,2,12H2,1H3. The molecule has 1 atom stereocenters. The molecule has 1 N–H and O–H groups in total. The topological polar surface area (TPSA) is 40.8 Å². The summed E-state index contributed by atoms with van der Waals surface area (Å²) in [6.45, 7) is 3.49. The molecule has 3 aromatic rings. The first-order chi connectivity index (χ1) is 9.85. The van der Waals surface area contributed by atoms with Crippen LogP contribution in [0, 0.1) is 11.3 Å². The maximum Gasteiger partial charge on any atom is 0.113 e. The van der Waals surface area contributed by atoms with Crippen LogP contribution in [0.4, 0.5) is 0 Å². The Hall–Kier alpha value is -2.31. The number of aromatic nitrogens is 1. The number of nitriles is 1. The Morgan fingerprint density at radius 1 is 1.05 bits per heavy atom. The second-order valence-electron chi connectivity index (χ2n) is 4.88. The molecule has 20 heavy (non-hydrogen) atoms. The molecule has 2 aromatic carbocycles. The van der Waals surface area contributed by atoms with E-state index < -0.39 is 0 Å². The van der Waals surface area contributed by atoms with Gasteiger partial charge in [0.1, 0.15) is 6.04 Å². The van der Waals surface area contributed by atoms with Gasteiger partial charge in [-0.05, 0) is 18.7 Å². The summed E-state index contributed by atoms with van der Waals surface area (Å²) >= 11 is 0. The van der Waals surface area contributed by atoms with Crippen LogP contribution in [-0.2, 0) is 6.54 Å². The lowest BCUT2D eigenvalue weighted by molar-refractivity contribution is 0.553. The number of likely N-dealkylation sites (N-methyl/N-ethyl adjacent to an activating group) is 1. The Kier molecular flexibility index (Phi) is 3.41. The summed E-state index contributed by atoms with van der Waals surface area (Å²) in [5, 5.41) is 15.0. The van der Waals surface area contributed by atoms with Gasteiger partial charge in [-0.2, -0.15) is 5.26 Å². The minimum absolute atomic E-state index is 0.167. The molecule has 1 heterocycles. The van der Waals surface area contributed by atoms with E-state index in [1.165, 1.54) is 21.8 Å². The Labute approximate surface area is 118 Å². The van der Waals surface area contributed by atoms with Crippen LogP contribution < -0.4 is 5.32 Å². The van der Waals surface area contributed by atoms with Crippen LogP contribution in [0.25, 0.3) is 21.8 Å². The maximum absolute atomic E-state index is 9.27. The quantitative estimate of drug-likeness (QED) is 0.784. The van der Waals surface area contributed by atoms with Crippen LogP contribution in [0.2, 0.25) is 0 Å². The predicted molar refractivity (Wildman–Crippen MR) is 82.5 cm³/mol. The van der Waals surface area contributed by atoms with Gasteiger partial charge in [-0.3, -0.25) is 0 Å². The highest BCUT2D eigenvalue weighted by atomic mass is 15.0. The highest BCUT2D eigenvalue weighted by Crippen LogP contribution is 2.28. The number of benzene rings is 2. The Morgan fingerprint density at radius 3 is 2.10 bits per heavy atom. The highest BCUT2D eigenvalue weighted by Gasteiger charge is 2.13. The summed E-state index contributed by atoms with van der Waals surface area (Å²) in [6.07, 6.45) is 0. The summed E-state index contributed by atoms with van der Waals surface area (Å²) in [4.78, 5) is 0. The number of nitrogens with zero attached hydrogens (tertiary/aromatic N) is 2. The molecule has 0 bridgehead atoms. The highest BCUT2D eigenvalue weighted by molar-refractivity contribution is 6.07. The van der Waals surface area contributed by atoms with Crippen molar-refractivity contribution in [1.82, 2.24) is 9.88 Å². The molecule has 3 heteroatoms. The molecule has 3 nitrogen and oxygen atoms in total. The van der Waals surface area contributed by atoms with Crippen molar-refractivity contribution in [3.8, 4) is 6.07 Å². The smallest absolute Gasteiger partial charge is 0.113 e. The molecule has 0 radical (unpaired) electrons. The van der Waals surface area contributed by atoms with Gasteiger partial charge in [-0.15, -0.1) is 0 Å². The van der Waals surface area contributed by atoms with Crippen molar-refractivity contribution in [2.24, 2.45) is 0 Å². The Bertz CT molecular complexity index is 726. The first-order valence-electron chi connectivity index (χ1n) is 6.94. The number of fused-ring (bicyclic) bond motifs is 3. The van der Waals surface area contributed by atoms with Gasteiger partial charge in [0.25, 0.3) is 0 Å². The Balaban J connectivity index is 2.19. The van der Waals surface area contributed by atoms with E-state index in [9.17, 15) is 5.26 Å². The molecule has 1 aromatic heterocycles. The zero-order chi connectivity index (χ0) is 13.9. The Morgan fingerprint density at radius 2 is 1.60 bits per heavy atom. The van der Waals surface area contributed by atoms with E-state index in [0.29, 0.717) is 6.54 Å². The molecule has 0 saturated carbocycles. The van der Waals surface area contributed by atoms with Crippen molar-refractivity contribution < 1.29 is 0 Å². The van der Waals surface area contributed by atoms with Crippen molar-refractivity contribution in [3.05, 3.63) is 48.5 Å². The first-order valence-corrected chi connectivity index (χ1v) is 6.94. The molecule has 0 aliphatic heterocycles. The van der Waals surface area contributed by atoms with E-state index in [1.807, 2.05) is 19.1 Å². The zero-order valence-electron chi connectivity index (χ0n) is 11.5. The third-order valence-corrected chi connectivity index (χ3v) is 3.65. The van der Waals surface area contributed by atoms with Gasteiger partial charge in [0.05, 0.1) is 12.6 Å². The number of rotatable bonds is 4. The van der Waals surface area contributed by atoms with Crippen LogP contribution in [0.15, 0.2) is 48.5 Å². The average molecular weight is 263 g/mol. The molecule has 1 unspecified atom stereocenters. The molecule has 0 aliphatic carbocycles. The lowest BCUT2D eigenvalue weighted by atomic mass is 10.2. The summed E-state index contributed by atoms with van der Waals surface area (Å²) in [5.74, 6) is 0. The molecule has 0 spiro atoms. The monoisotopic (exact) mass is 263 g/mol. The number of nitrogens with one attached hydrogen (secondary N) is 1. The average Bonchev–Trinajstić information content (AvgIpc) is 2.82. The van der Waals surface area contributed by atoms with Crippen LogP contribution in [0.1, 0.15) is 6.92 Å². The lowest BCUT2D eigenvalue weighted by Crippen LogP contribution is -2.31. The van der Waals surface area contributed by atoms with Gasteiger partial charge in [-0.25, -0.2) is 0 Å². The lowest BCUT2D eigenvalue weighted by Gasteiger charge is -2.13. The van der Waals surface area contributed by atoms with E-state index in [4.69, 9.17) is 0 Å². The SMILES string of the molecule is CCNC(C#N)Cn1c2ccccc2c2ccccc21. The zero-order valence-corrected chi connectivity index (χ0v) is 11.5. The van der Waals surface area contributed by atoms with Crippen LogP contribution in [-0.4, -0.2) is 17.2 Å². The van der Waals surface area contributed by atoms with Gasteiger partial charge in [0.15, 0.2) is 0 Å². The third kappa shape index (κ3) is 2.04. The molecule has 0 saturated heterocycles. The van der Waals surface area contributed by atoms with Gasteiger partial charge in [-0.1, -0.05) is 43.3 Å². The number of para-hydroxylation sites is 2. The fraction of sp³-hybridized carbons (Fsp3) is 0.235. The predicted octanol–water partition coefficient (Wildman–Crippen LogP) is 3.30. The van der Waals surface area contributed by atoms with Crippen LogP contribution in [0.3, 0.4) is 0 Å². The number of hydrogen-bond acceptors (Lipinski definition) is 2. The summed E-state index contributed by atoms with van der Waals surface area (Å²) in [6, 6.07) is 18.9. The van der Waals surface area contributed by atoms with Gasteiger partial charge in [0.2, 0.25) is 0 Å². The van der Waals surface area contributed by atoms with Gasteiger partial charge >= 0.3 is 0 Å². The first kappa shape index (κ1) is 12.7. The molecule has 0 amide bonds. The minimum atomic E-state index is -0.167. The van der Waals surface area contributed by atoms with Crippen molar-refractivity contribution in [1.29, 1.82) is 5.26 Å². The van der Waals surface area contributed by atoms with E-state index in [0.717, 1.165) is 6.54 Å². The molecule has 100 valence electrons. The summed E-state index contributed by atoms with van der Waals surface area (Å²) < 4.78 is 2.24. The van der Waals surface area contributed by atoms with Gasteiger partial charge in [0, 0.05) is 21.8 Å². The summed E-state index contributed by atoms with van der Waals surface area (Å²) in [7, 11) is 0. The van der Waals surface area contributed by atoms with E-state index in [1.54, 1.807) is 0 Å². The van der Waals surface area contributed by atoms with E-state index in [-0.39, 0.29) is 6.04 Å². The van der Waals surface area contributed by atoms with Crippen molar-refractivity contribution in [2.75, 3.05) is 6.54 Å². The van der Waals surface area contributed by atoms with Gasteiger partial charge < -0.3 is 9.88 Å². The minimum Gasteiger partial charge on any atom is -0.338 e. The van der Waals surface area contributed by atoms with E-state index >= 15 is 0 Å². The second-order valence-corrected chi connectivity index (χ2v) is 4.88. The molecule has 0 fully saturated rings. The normalized spacial score (nSPS) is 12.6. The number of hydrogen-bond donors (Lipinski definition) is 1. The molecule has 0 aliphatic rings.